The van der Waals surface area contributed by atoms with E-state index in [4.69, 9.17) is 5.11 Å². The molecule has 92 valence electrons. The van der Waals surface area contributed by atoms with E-state index in [-0.39, 0.29) is 18.4 Å². The van der Waals surface area contributed by atoms with Crippen molar-refractivity contribution >= 4 is 5.91 Å². The number of carbonyl (C=O) groups is 1. The van der Waals surface area contributed by atoms with E-state index in [1.54, 1.807) is 0 Å². The molecule has 17 heavy (non-hydrogen) atoms. The third kappa shape index (κ3) is 3.07. The standard InChI is InChI=1S/C14H19NO2/c16-8-4-3-7-15-14(17)13-9-11-5-1-2-6-12(11)10-13/h1-2,5-6,13,16H,3-4,7-10H2,(H,15,17). The van der Waals surface area contributed by atoms with Crippen LogP contribution in [-0.2, 0) is 17.6 Å². The number of carbonyl (C=O) groups excluding carboxylic acids is 1. The van der Waals surface area contributed by atoms with Crippen LogP contribution < -0.4 is 5.32 Å². The first-order chi connectivity index (χ1) is 8.31. The van der Waals surface area contributed by atoms with Gasteiger partial charge in [0.05, 0.1) is 0 Å². The minimum absolute atomic E-state index is 0.0986. The number of hydrogen-bond acceptors (Lipinski definition) is 2. The van der Waals surface area contributed by atoms with Crippen molar-refractivity contribution in [2.45, 2.75) is 25.7 Å². The Bertz CT molecular complexity index is 365. The molecule has 1 aromatic rings. The molecule has 0 saturated carbocycles. The van der Waals surface area contributed by atoms with Gasteiger partial charge in [-0.1, -0.05) is 24.3 Å². The molecule has 3 heteroatoms. The minimum Gasteiger partial charge on any atom is -0.396 e. The van der Waals surface area contributed by atoms with Gasteiger partial charge in [0.2, 0.25) is 5.91 Å². The monoisotopic (exact) mass is 233 g/mol. The summed E-state index contributed by atoms with van der Waals surface area (Å²) in [5.74, 6) is 0.251. The molecule has 1 amide bonds. The molecule has 1 aliphatic carbocycles. The van der Waals surface area contributed by atoms with Crippen molar-refractivity contribution in [2.75, 3.05) is 13.2 Å². The minimum atomic E-state index is 0.0986. The predicted octanol–water partition coefficient (Wildman–Crippen LogP) is 1.29. The van der Waals surface area contributed by atoms with E-state index in [0.717, 1.165) is 25.7 Å². The van der Waals surface area contributed by atoms with E-state index >= 15 is 0 Å². The number of aliphatic hydroxyl groups is 1. The summed E-state index contributed by atoms with van der Waals surface area (Å²) < 4.78 is 0. The second-order valence-electron chi connectivity index (χ2n) is 4.60. The Balaban J connectivity index is 1.80. The van der Waals surface area contributed by atoms with Crippen molar-refractivity contribution in [3.8, 4) is 0 Å². The molecule has 1 aliphatic rings. The third-order valence-electron chi connectivity index (χ3n) is 3.31. The number of rotatable bonds is 5. The summed E-state index contributed by atoms with van der Waals surface area (Å²) in [6, 6.07) is 8.27. The summed E-state index contributed by atoms with van der Waals surface area (Å²) in [4.78, 5) is 11.9. The zero-order valence-electron chi connectivity index (χ0n) is 9.98. The topological polar surface area (TPSA) is 49.3 Å². The highest BCUT2D eigenvalue weighted by Crippen LogP contribution is 2.26. The van der Waals surface area contributed by atoms with Crippen LogP contribution >= 0.6 is 0 Å². The summed E-state index contributed by atoms with van der Waals surface area (Å²) in [6.07, 6.45) is 3.33. The van der Waals surface area contributed by atoms with Crippen LogP contribution in [0.2, 0.25) is 0 Å². The highest BCUT2D eigenvalue weighted by molar-refractivity contribution is 5.80. The zero-order chi connectivity index (χ0) is 12.1. The van der Waals surface area contributed by atoms with Gasteiger partial charge in [-0.25, -0.2) is 0 Å². The van der Waals surface area contributed by atoms with Crippen LogP contribution in [0.1, 0.15) is 24.0 Å². The van der Waals surface area contributed by atoms with E-state index in [0.29, 0.717) is 6.54 Å². The number of hydrogen-bond donors (Lipinski definition) is 2. The first-order valence-corrected chi connectivity index (χ1v) is 6.26. The van der Waals surface area contributed by atoms with E-state index in [1.165, 1.54) is 11.1 Å². The fraction of sp³-hybridized carbons (Fsp3) is 0.500. The second-order valence-corrected chi connectivity index (χ2v) is 4.60. The Morgan fingerprint density at radius 1 is 1.24 bits per heavy atom. The van der Waals surface area contributed by atoms with Gasteiger partial charge in [-0.3, -0.25) is 4.79 Å². The lowest BCUT2D eigenvalue weighted by Gasteiger charge is -2.09. The lowest BCUT2D eigenvalue weighted by molar-refractivity contribution is -0.124. The van der Waals surface area contributed by atoms with Crippen molar-refractivity contribution in [2.24, 2.45) is 5.92 Å². The van der Waals surface area contributed by atoms with Crippen molar-refractivity contribution in [1.82, 2.24) is 5.32 Å². The zero-order valence-corrected chi connectivity index (χ0v) is 9.98. The average Bonchev–Trinajstić information content (AvgIpc) is 2.78. The van der Waals surface area contributed by atoms with Crippen molar-refractivity contribution in [3.63, 3.8) is 0 Å². The number of fused-ring (bicyclic) bond motifs is 1. The number of benzene rings is 1. The summed E-state index contributed by atoms with van der Waals surface area (Å²) >= 11 is 0. The molecule has 2 rings (SSSR count). The molecule has 0 spiro atoms. The fourth-order valence-electron chi connectivity index (χ4n) is 2.34. The normalized spacial score (nSPS) is 14.6. The number of unbranched alkanes of at least 4 members (excludes halogenated alkanes) is 1. The Hall–Kier alpha value is -1.35. The van der Waals surface area contributed by atoms with Crippen LogP contribution in [-0.4, -0.2) is 24.2 Å². The largest absolute Gasteiger partial charge is 0.396 e. The van der Waals surface area contributed by atoms with Crippen molar-refractivity contribution in [3.05, 3.63) is 35.4 Å². The third-order valence-corrected chi connectivity index (χ3v) is 3.31. The first kappa shape index (κ1) is 12.1. The molecule has 0 aromatic heterocycles. The first-order valence-electron chi connectivity index (χ1n) is 6.26. The summed E-state index contributed by atoms with van der Waals surface area (Å²) in [5, 5.41) is 11.6. The van der Waals surface area contributed by atoms with E-state index in [9.17, 15) is 4.79 Å². The molecule has 0 heterocycles. The van der Waals surface area contributed by atoms with Crippen molar-refractivity contribution in [1.29, 1.82) is 0 Å². The number of aliphatic hydroxyl groups excluding tert-OH is 1. The van der Waals surface area contributed by atoms with Gasteiger partial charge in [0.1, 0.15) is 0 Å². The molecule has 0 atom stereocenters. The number of amides is 1. The summed E-state index contributed by atoms with van der Waals surface area (Å²) in [5.41, 5.74) is 2.62. The van der Waals surface area contributed by atoms with Gasteiger partial charge in [0.25, 0.3) is 0 Å². The van der Waals surface area contributed by atoms with E-state index in [2.05, 4.69) is 17.4 Å². The lowest BCUT2D eigenvalue weighted by atomic mass is 10.1. The molecule has 3 nitrogen and oxygen atoms in total. The maximum atomic E-state index is 11.9. The van der Waals surface area contributed by atoms with E-state index < -0.39 is 0 Å². The Kier molecular flexibility index (Phi) is 4.15. The Labute approximate surface area is 102 Å². The van der Waals surface area contributed by atoms with Crippen LogP contribution in [0.25, 0.3) is 0 Å². The maximum absolute atomic E-state index is 11.9. The van der Waals surface area contributed by atoms with Gasteiger partial charge in [0, 0.05) is 19.1 Å². The van der Waals surface area contributed by atoms with Crippen LogP contribution in [0.5, 0.6) is 0 Å². The van der Waals surface area contributed by atoms with E-state index in [1.807, 2.05) is 12.1 Å². The maximum Gasteiger partial charge on any atom is 0.223 e. The Morgan fingerprint density at radius 2 is 1.88 bits per heavy atom. The van der Waals surface area contributed by atoms with Crippen LogP contribution in [0, 0.1) is 5.92 Å². The predicted molar refractivity (Wildman–Crippen MR) is 66.7 cm³/mol. The SMILES string of the molecule is O=C(NCCCCO)C1Cc2ccccc2C1. The molecule has 1 aromatic carbocycles. The fourth-order valence-corrected chi connectivity index (χ4v) is 2.34. The molecule has 0 bridgehead atoms. The molecule has 0 unspecified atom stereocenters. The smallest absolute Gasteiger partial charge is 0.223 e. The van der Waals surface area contributed by atoms with Gasteiger partial charge >= 0.3 is 0 Å². The Morgan fingerprint density at radius 3 is 2.47 bits per heavy atom. The van der Waals surface area contributed by atoms with Crippen LogP contribution in [0.3, 0.4) is 0 Å². The summed E-state index contributed by atoms with van der Waals surface area (Å²) in [6.45, 7) is 0.872. The van der Waals surface area contributed by atoms with Gasteiger partial charge in [-0.15, -0.1) is 0 Å². The molecular weight excluding hydrogens is 214 g/mol. The van der Waals surface area contributed by atoms with Gasteiger partial charge in [0.15, 0.2) is 0 Å². The number of nitrogens with one attached hydrogen (secondary N) is 1. The van der Waals surface area contributed by atoms with Gasteiger partial charge in [-0.2, -0.15) is 0 Å². The van der Waals surface area contributed by atoms with Gasteiger partial charge in [-0.05, 0) is 36.8 Å². The average molecular weight is 233 g/mol. The highest BCUT2D eigenvalue weighted by atomic mass is 16.2. The van der Waals surface area contributed by atoms with Crippen molar-refractivity contribution < 1.29 is 9.90 Å². The van der Waals surface area contributed by atoms with Crippen LogP contribution in [0.4, 0.5) is 0 Å². The molecule has 2 N–H and O–H groups in total. The second kappa shape index (κ2) is 5.82. The summed E-state index contributed by atoms with van der Waals surface area (Å²) in [7, 11) is 0. The van der Waals surface area contributed by atoms with Crippen LogP contribution in [0.15, 0.2) is 24.3 Å². The highest BCUT2D eigenvalue weighted by Gasteiger charge is 2.26. The molecule has 0 radical (unpaired) electrons. The molecule has 0 aliphatic heterocycles. The molecular formula is C14H19NO2. The quantitative estimate of drug-likeness (QED) is 0.753. The van der Waals surface area contributed by atoms with Gasteiger partial charge < -0.3 is 10.4 Å². The lowest BCUT2D eigenvalue weighted by Crippen LogP contribution is -2.31. The molecule has 0 fully saturated rings. The molecule has 0 saturated heterocycles.